The predicted molar refractivity (Wildman–Crippen MR) is 54.8 cm³/mol. The van der Waals surface area contributed by atoms with E-state index in [2.05, 4.69) is 9.47 Å². The zero-order chi connectivity index (χ0) is 9.07. The zero-order valence-corrected chi connectivity index (χ0v) is 10.2. The van der Waals surface area contributed by atoms with E-state index in [9.17, 15) is 9.59 Å². The molecule has 0 bridgehead atoms. The number of carbonyl (C=O) groups excluding carboxylic acids is 2. The molecule has 64 valence electrons. The summed E-state index contributed by atoms with van der Waals surface area (Å²) in [6.07, 6.45) is 0. The predicted octanol–water partition coefficient (Wildman–Crippen LogP) is 0.899. The van der Waals surface area contributed by atoms with E-state index < -0.39 is 13.4 Å². The number of alkyl halides is 2. The number of carbonyl (C=O) groups is 2. The van der Waals surface area contributed by atoms with Gasteiger partial charge in [-0.1, -0.05) is 0 Å². The first kappa shape index (κ1) is 11.4. The van der Waals surface area contributed by atoms with Crippen molar-refractivity contribution < 1.29 is 19.1 Å². The fourth-order valence-electron chi connectivity index (χ4n) is 0.340. The van der Waals surface area contributed by atoms with Gasteiger partial charge in [0.25, 0.3) is 1.43 Å². The summed E-state index contributed by atoms with van der Waals surface area (Å²) in [5, 5.41) is 0. The summed E-state index contributed by atoms with van der Waals surface area (Å²) < 4.78 is 7.50. The summed E-state index contributed by atoms with van der Waals surface area (Å²) in [4.78, 5) is 21.8. The fourth-order valence-corrected chi connectivity index (χ4v) is 1.22. The first-order chi connectivity index (χ1) is 4.96. The molecular formula is C5H6I2O4. The molecular weight excluding hydrogens is 378 g/mol. The maximum atomic E-state index is 10.9. The minimum atomic E-state index is -1.26. The summed E-state index contributed by atoms with van der Waals surface area (Å²) in [6.45, 7) is 0. The Hall–Kier alpha value is 0.400. The molecule has 4 nitrogen and oxygen atoms in total. The van der Waals surface area contributed by atoms with E-state index in [4.69, 9.17) is 0 Å². The molecule has 0 fully saturated rings. The lowest BCUT2D eigenvalue weighted by Crippen LogP contribution is -2.36. The second-order valence-corrected chi connectivity index (χ2v) is 6.86. The molecule has 0 rings (SSSR count). The summed E-state index contributed by atoms with van der Waals surface area (Å²) in [7, 11) is 2.44. The number of rotatable bonds is 2. The van der Waals surface area contributed by atoms with E-state index in [0.717, 1.165) is 0 Å². The van der Waals surface area contributed by atoms with Crippen LogP contribution in [0.25, 0.3) is 0 Å². The molecule has 6 heteroatoms. The van der Waals surface area contributed by atoms with Crippen LogP contribution in [-0.2, 0) is 19.1 Å². The third kappa shape index (κ3) is 2.73. The Bertz CT molecular complexity index is 159. The quantitative estimate of drug-likeness (QED) is 0.308. The highest BCUT2D eigenvalue weighted by Crippen LogP contribution is 2.30. The van der Waals surface area contributed by atoms with Crippen molar-refractivity contribution in [3.05, 3.63) is 0 Å². The summed E-state index contributed by atoms with van der Waals surface area (Å²) in [5.74, 6) is -1.24. The van der Waals surface area contributed by atoms with Gasteiger partial charge in [-0.15, -0.1) is 0 Å². The van der Waals surface area contributed by atoms with Crippen molar-refractivity contribution in [2.75, 3.05) is 14.2 Å². The minimum Gasteiger partial charge on any atom is -0.467 e. The lowest BCUT2D eigenvalue weighted by atomic mass is 10.4. The van der Waals surface area contributed by atoms with Gasteiger partial charge in [0.05, 0.1) is 14.2 Å². The third-order valence-electron chi connectivity index (χ3n) is 0.884. The molecule has 0 aromatic rings. The topological polar surface area (TPSA) is 52.6 Å². The van der Waals surface area contributed by atoms with Gasteiger partial charge in [-0.05, 0) is 45.2 Å². The van der Waals surface area contributed by atoms with Crippen molar-refractivity contribution >= 4 is 57.1 Å². The third-order valence-corrected chi connectivity index (χ3v) is 2.65. The van der Waals surface area contributed by atoms with Crippen molar-refractivity contribution in [2.24, 2.45) is 0 Å². The Morgan fingerprint density at radius 1 is 1.09 bits per heavy atom. The Labute approximate surface area is 91.3 Å². The van der Waals surface area contributed by atoms with Crippen molar-refractivity contribution in [3.63, 3.8) is 0 Å². The van der Waals surface area contributed by atoms with Gasteiger partial charge < -0.3 is 9.47 Å². The van der Waals surface area contributed by atoms with Crippen molar-refractivity contribution in [1.82, 2.24) is 0 Å². The molecule has 0 amide bonds. The number of ether oxygens (including phenoxy) is 2. The number of esters is 2. The Morgan fingerprint density at radius 2 is 1.36 bits per heavy atom. The van der Waals surface area contributed by atoms with E-state index >= 15 is 0 Å². The van der Waals surface area contributed by atoms with Gasteiger partial charge >= 0.3 is 11.9 Å². The van der Waals surface area contributed by atoms with Gasteiger partial charge in [0.15, 0.2) is 0 Å². The SMILES string of the molecule is COC(=O)C(I)(I)C(=O)OC. The van der Waals surface area contributed by atoms with Crippen molar-refractivity contribution in [2.45, 2.75) is 1.43 Å². The molecule has 0 aromatic carbocycles. The van der Waals surface area contributed by atoms with Crippen LogP contribution < -0.4 is 0 Å². The molecule has 0 aromatic heterocycles. The number of halogens is 2. The molecule has 0 heterocycles. The van der Waals surface area contributed by atoms with Crippen LogP contribution in [0.1, 0.15) is 0 Å². The van der Waals surface area contributed by atoms with Gasteiger partial charge in [-0.3, -0.25) is 0 Å². The second-order valence-electron chi connectivity index (χ2n) is 1.56. The Kier molecular flexibility index (Phi) is 4.59. The first-order valence-electron chi connectivity index (χ1n) is 2.51. The monoisotopic (exact) mass is 384 g/mol. The van der Waals surface area contributed by atoms with Crippen LogP contribution in [0.15, 0.2) is 0 Å². The van der Waals surface area contributed by atoms with Crippen LogP contribution in [0.5, 0.6) is 0 Å². The van der Waals surface area contributed by atoms with Crippen LogP contribution in [0.3, 0.4) is 0 Å². The van der Waals surface area contributed by atoms with E-state index in [1.807, 2.05) is 0 Å². The molecule has 11 heavy (non-hydrogen) atoms. The molecule has 0 saturated carbocycles. The normalized spacial score (nSPS) is 10.5. The number of hydrogen-bond donors (Lipinski definition) is 0. The highest BCUT2D eigenvalue weighted by molar-refractivity contribution is 14.2. The summed E-state index contributed by atoms with van der Waals surface area (Å²) in [5.41, 5.74) is 0. The molecule has 0 N–H and O–H groups in total. The average Bonchev–Trinajstić information content (AvgIpc) is 2.01. The van der Waals surface area contributed by atoms with Crippen LogP contribution in [-0.4, -0.2) is 27.6 Å². The smallest absolute Gasteiger partial charge is 0.343 e. The van der Waals surface area contributed by atoms with Crippen LogP contribution >= 0.6 is 45.2 Å². The zero-order valence-electron chi connectivity index (χ0n) is 5.89. The number of hydrogen-bond acceptors (Lipinski definition) is 4. The lowest BCUT2D eigenvalue weighted by Gasteiger charge is -2.13. The largest absolute Gasteiger partial charge is 0.467 e. The van der Waals surface area contributed by atoms with E-state index in [-0.39, 0.29) is 0 Å². The average molecular weight is 384 g/mol. The summed E-state index contributed by atoms with van der Waals surface area (Å²) in [6, 6.07) is 0. The molecule has 0 aliphatic carbocycles. The first-order valence-corrected chi connectivity index (χ1v) is 4.67. The van der Waals surface area contributed by atoms with E-state index in [1.165, 1.54) is 14.2 Å². The van der Waals surface area contributed by atoms with E-state index in [1.54, 1.807) is 45.2 Å². The van der Waals surface area contributed by atoms with Gasteiger partial charge in [0.1, 0.15) is 0 Å². The van der Waals surface area contributed by atoms with Gasteiger partial charge in [-0.25, -0.2) is 9.59 Å². The lowest BCUT2D eigenvalue weighted by molar-refractivity contribution is -0.150. The van der Waals surface area contributed by atoms with Gasteiger partial charge in [-0.2, -0.15) is 0 Å². The molecule has 0 unspecified atom stereocenters. The summed E-state index contributed by atoms with van der Waals surface area (Å²) >= 11 is 3.33. The minimum absolute atomic E-state index is 0.620. The highest BCUT2D eigenvalue weighted by Gasteiger charge is 2.43. The molecule has 0 saturated heterocycles. The van der Waals surface area contributed by atoms with E-state index in [0.29, 0.717) is 0 Å². The maximum absolute atomic E-state index is 10.9. The van der Waals surface area contributed by atoms with Crippen molar-refractivity contribution in [3.8, 4) is 0 Å². The van der Waals surface area contributed by atoms with Gasteiger partial charge in [0.2, 0.25) is 0 Å². The second kappa shape index (κ2) is 4.43. The molecule has 0 radical (unpaired) electrons. The molecule has 0 atom stereocenters. The Morgan fingerprint density at radius 3 is 1.55 bits per heavy atom. The van der Waals surface area contributed by atoms with Crippen LogP contribution in [0.2, 0.25) is 0 Å². The standard InChI is InChI=1S/C5H6I2O4/c1-10-3(8)5(6,7)4(9)11-2/h1-2H3. The molecule has 0 spiro atoms. The highest BCUT2D eigenvalue weighted by atomic mass is 127. The van der Waals surface area contributed by atoms with Crippen LogP contribution in [0.4, 0.5) is 0 Å². The fraction of sp³-hybridized carbons (Fsp3) is 0.600. The van der Waals surface area contributed by atoms with Gasteiger partial charge in [0, 0.05) is 0 Å². The number of methoxy groups -OCH3 is 2. The van der Waals surface area contributed by atoms with Crippen LogP contribution in [0, 0.1) is 0 Å². The maximum Gasteiger partial charge on any atom is 0.343 e. The Balaban J connectivity index is 4.44. The molecule has 0 aliphatic heterocycles. The van der Waals surface area contributed by atoms with Crippen molar-refractivity contribution in [1.29, 1.82) is 0 Å². The molecule has 0 aliphatic rings.